The number of nitrogens with one attached hydrogen (secondary N) is 1. The minimum Gasteiger partial charge on any atom is -0.322 e. The fourth-order valence-electron chi connectivity index (χ4n) is 3.09. The third-order valence-electron chi connectivity index (χ3n) is 4.82. The molecule has 26 heavy (non-hydrogen) atoms. The lowest BCUT2D eigenvalue weighted by Gasteiger charge is -2.34. The zero-order valence-electron chi connectivity index (χ0n) is 14.8. The van der Waals surface area contributed by atoms with Crippen molar-refractivity contribution in [2.75, 3.05) is 38.0 Å². The molecule has 2 amide bonds. The maximum Gasteiger partial charge on any atom is 0.321 e. The van der Waals surface area contributed by atoms with Crippen LogP contribution in [0.15, 0.2) is 42.5 Å². The van der Waals surface area contributed by atoms with Crippen LogP contribution in [0.25, 0.3) is 0 Å². The van der Waals surface area contributed by atoms with E-state index in [9.17, 15) is 9.18 Å². The van der Waals surface area contributed by atoms with Crippen LogP contribution >= 0.6 is 11.6 Å². The van der Waals surface area contributed by atoms with Crippen LogP contribution in [0.5, 0.6) is 0 Å². The van der Waals surface area contributed by atoms with Gasteiger partial charge in [0.2, 0.25) is 0 Å². The highest BCUT2D eigenvalue weighted by molar-refractivity contribution is 6.31. The molecule has 0 saturated carbocycles. The maximum atomic E-state index is 13.7. The molecule has 0 spiro atoms. The molecule has 3 rings (SSSR count). The molecule has 0 bridgehead atoms. The van der Waals surface area contributed by atoms with E-state index in [1.165, 1.54) is 6.07 Å². The van der Waals surface area contributed by atoms with E-state index in [-0.39, 0.29) is 11.8 Å². The summed E-state index contributed by atoms with van der Waals surface area (Å²) in [6, 6.07) is 12.3. The highest BCUT2D eigenvalue weighted by Crippen LogP contribution is 2.23. The summed E-state index contributed by atoms with van der Waals surface area (Å²) in [4.78, 5) is 16.5. The average molecular weight is 376 g/mol. The van der Waals surface area contributed by atoms with Gasteiger partial charge in [-0.3, -0.25) is 4.90 Å². The highest BCUT2D eigenvalue weighted by Gasteiger charge is 2.21. The Hall–Kier alpha value is -2.11. The number of carbonyl (C=O) groups is 1. The predicted octanol–water partition coefficient (Wildman–Crippen LogP) is 4.18. The number of urea groups is 1. The Morgan fingerprint density at radius 3 is 2.58 bits per heavy atom. The molecule has 0 unspecified atom stereocenters. The molecule has 1 fully saturated rings. The van der Waals surface area contributed by atoms with E-state index in [4.69, 9.17) is 11.6 Å². The summed E-state index contributed by atoms with van der Waals surface area (Å²) in [7, 11) is 0. The zero-order valence-corrected chi connectivity index (χ0v) is 15.6. The monoisotopic (exact) mass is 375 g/mol. The molecule has 2 aromatic rings. The van der Waals surface area contributed by atoms with Crippen molar-refractivity contribution in [2.45, 2.75) is 13.3 Å². The average Bonchev–Trinajstić information content (AvgIpc) is 2.65. The second kappa shape index (κ2) is 8.52. The molecular weight excluding hydrogens is 353 g/mol. The van der Waals surface area contributed by atoms with Gasteiger partial charge in [-0.1, -0.05) is 35.9 Å². The van der Waals surface area contributed by atoms with Crippen LogP contribution in [0.1, 0.15) is 11.1 Å². The van der Waals surface area contributed by atoms with Crippen LogP contribution in [0.3, 0.4) is 0 Å². The van der Waals surface area contributed by atoms with Crippen molar-refractivity contribution in [1.29, 1.82) is 0 Å². The van der Waals surface area contributed by atoms with Crippen molar-refractivity contribution < 1.29 is 9.18 Å². The van der Waals surface area contributed by atoms with Gasteiger partial charge in [-0.25, -0.2) is 9.18 Å². The topological polar surface area (TPSA) is 35.6 Å². The van der Waals surface area contributed by atoms with Crippen molar-refractivity contribution in [3.8, 4) is 0 Å². The first-order valence-corrected chi connectivity index (χ1v) is 9.19. The van der Waals surface area contributed by atoms with Crippen LogP contribution in [-0.4, -0.2) is 48.6 Å². The molecule has 4 nitrogen and oxygen atoms in total. The number of anilines is 1. The summed E-state index contributed by atoms with van der Waals surface area (Å²) in [5, 5.41) is 3.57. The number of rotatable bonds is 4. The summed E-state index contributed by atoms with van der Waals surface area (Å²) in [6.07, 6.45) is 0.681. The van der Waals surface area contributed by atoms with Crippen LogP contribution in [0.2, 0.25) is 5.02 Å². The summed E-state index contributed by atoms with van der Waals surface area (Å²) < 4.78 is 13.7. The van der Waals surface area contributed by atoms with Crippen molar-refractivity contribution in [2.24, 2.45) is 0 Å². The van der Waals surface area contributed by atoms with Gasteiger partial charge in [0.05, 0.1) is 0 Å². The summed E-state index contributed by atoms with van der Waals surface area (Å²) >= 11 is 6.10. The molecule has 0 atom stereocenters. The first kappa shape index (κ1) is 18.7. The quantitative estimate of drug-likeness (QED) is 0.870. The van der Waals surface area contributed by atoms with Crippen molar-refractivity contribution in [1.82, 2.24) is 9.80 Å². The smallest absolute Gasteiger partial charge is 0.321 e. The third kappa shape index (κ3) is 4.54. The number of hydrogen-bond acceptors (Lipinski definition) is 2. The second-order valence-electron chi connectivity index (χ2n) is 6.51. The number of piperazine rings is 1. The van der Waals surface area contributed by atoms with Gasteiger partial charge in [0.1, 0.15) is 5.82 Å². The predicted molar refractivity (Wildman–Crippen MR) is 103 cm³/mol. The first-order chi connectivity index (χ1) is 12.5. The Morgan fingerprint density at radius 1 is 1.12 bits per heavy atom. The fraction of sp³-hybridized carbons (Fsp3) is 0.350. The van der Waals surface area contributed by atoms with Crippen LogP contribution in [0.4, 0.5) is 14.9 Å². The van der Waals surface area contributed by atoms with Crippen LogP contribution in [-0.2, 0) is 6.42 Å². The maximum absolute atomic E-state index is 13.7. The third-order valence-corrected chi connectivity index (χ3v) is 5.23. The Bertz CT molecular complexity index is 775. The van der Waals surface area contributed by atoms with Crippen LogP contribution in [0, 0.1) is 12.7 Å². The summed E-state index contributed by atoms with van der Waals surface area (Å²) in [6.45, 7) is 5.57. The molecular formula is C20H23ClFN3O. The number of nitrogens with zero attached hydrogens (tertiary/aromatic N) is 2. The van der Waals surface area contributed by atoms with E-state index in [2.05, 4.69) is 10.2 Å². The van der Waals surface area contributed by atoms with E-state index >= 15 is 0 Å². The summed E-state index contributed by atoms with van der Waals surface area (Å²) in [5.41, 5.74) is 2.35. The van der Waals surface area contributed by atoms with Gasteiger partial charge in [0, 0.05) is 43.4 Å². The fourth-order valence-corrected chi connectivity index (χ4v) is 3.27. The number of halogens is 2. The molecule has 1 aliphatic rings. The Labute approximate surface area is 158 Å². The minimum atomic E-state index is -0.151. The van der Waals surface area contributed by atoms with Gasteiger partial charge in [0.15, 0.2) is 0 Å². The molecule has 0 radical (unpaired) electrons. The Kier molecular flexibility index (Phi) is 6.12. The lowest BCUT2D eigenvalue weighted by Crippen LogP contribution is -2.50. The SMILES string of the molecule is Cc1c(Cl)cccc1NC(=O)N1CCN(CCc2ccccc2F)CC1. The van der Waals surface area contributed by atoms with E-state index in [0.717, 1.165) is 36.4 Å². The molecule has 2 aromatic carbocycles. The molecule has 0 aromatic heterocycles. The van der Waals surface area contributed by atoms with Gasteiger partial charge in [-0.15, -0.1) is 0 Å². The number of carbonyl (C=O) groups excluding carboxylic acids is 1. The molecule has 1 aliphatic heterocycles. The van der Waals surface area contributed by atoms with E-state index in [0.29, 0.717) is 24.5 Å². The molecule has 138 valence electrons. The molecule has 1 N–H and O–H groups in total. The molecule has 1 saturated heterocycles. The lowest BCUT2D eigenvalue weighted by molar-refractivity contribution is 0.148. The lowest BCUT2D eigenvalue weighted by atomic mass is 10.1. The van der Waals surface area contributed by atoms with E-state index in [1.54, 1.807) is 17.0 Å². The Morgan fingerprint density at radius 2 is 1.85 bits per heavy atom. The van der Waals surface area contributed by atoms with Gasteiger partial charge in [0.25, 0.3) is 0 Å². The number of amides is 2. The largest absolute Gasteiger partial charge is 0.322 e. The molecule has 0 aliphatic carbocycles. The Balaban J connectivity index is 1.48. The van der Waals surface area contributed by atoms with Crippen molar-refractivity contribution >= 4 is 23.3 Å². The van der Waals surface area contributed by atoms with Gasteiger partial charge < -0.3 is 10.2 Å². The van der Waals surface area contributed by atoms with E-state index < -0.39 is 0 Å². The van der Waals surface area contributed by atoms with Gasteiger partial charge in [-0.2, -0.15) is 0 Å². The zero-order chi connectivity index (χ0) is 18.5. The highest BCUT2D eigenvalue weighted by atomic mass is 35.5. The summed E-state index contributed by atoms with van der Waals surface area (Å²) in [5.74, 6) is -0.151. The second-order valence-corrected chi connectivity index (χ2v) is 6.92. The normalized spacial score (nSPS) is 15.1. The molecule has 6 heteroatoms. The number of hydrogen-bond donors (Lipinski definition) is 1. The van der Waals surface area contributed by atoms with Crippen LogP contribution < -0.4 is 5.32 Å². The van der Waals surface area contributed by atoms with Gasteiger partial charge in [-0.05, 0) is 42.7 Å². The number of benzene rings is 2. The molecule has 1 heterocycles. The minimum absolute atomic E-state index is 0.107. The van der Waals surface area contributed by atoms with Crippen molar-refractivity contribution in [3.05, 3.63) is 64.4 Å². The first-order valence-electron chi connectivity index (χ1n) is 8.81. The van der Waals surface area contributed by atoms with E-state index in [1.807, 2.05) is 31.2 Å². The van der Waals surface area contributed by atoms with Gasteiger partial charge >= 0.3 is 6.03 Å². The standard InChI is InChI=1S/C20H23ClFN3O/c1-15-17(21)6-4-8-19(15)23-20(26)25-13-11-24(12-14-25)10-9-16-5-2-3-7-18(16)22/h2-8H,9-14H2,1H3,(H,23,26). The van der Waals surface area contributed by atoms with Crippen molar-refractivity contribution in [3.63, 3.8) is 0 Å².